The average molecular weight is 261 g/mol. The zero-order valence-corrected chi connectivity index (χ0v) is 12.1. The number of carboxylic acids is 1. The first-order valence-corrected chi connectivity index (χ1v) is 6.73. The highest BCUT2D eigenvalue weighted by atomic mass is 32.2. The van der Waals surface area contributed by atoms with E-state index in [1.807, 2.05) is 27.7 Å². The van der Waals surface area contributed by atoms with Crippen molar-refractivity contribution in [3.63, 3.8) is 0 Å². The molecule has 0 aromatic rings. The Morgan fingerprint density at radius 2 is 1.76 bits per heavy atom. The number of amides is 1. The number of aliphatic carboxylic acids is 1. The molecular weight excluding hydrogens is 238 g/mol. The summed E-state index contributed by atoms with van der Waals surface area (Å²) in [5.74, 6) is -0.613. The molecule has 0 rings (SSSR count). The second-order valence-corrected chi connectivity index (χ2v) is 7.20. The number of carbonyl (C=O) groups excluding carboxylic acids is 1. The maximum absolute atomic E-state index is 11.6. The summed E-state index contributed by atoms with van der Waals surface area (Å²) in [4.78, 5) is 22.6. The first-order valence-electron chi connectivity index (χ1n) is 5.75. The maximum atomic E-state index is 11.6. The van der Waals surface area contributed by atoms with Gasteiger partial charge in [-0.05, 0) is 13.3 Å². The van der Waals surface area contributed by atoms with Crippen LogP contribution >= 0.6 is 11.8 Å². The topological polar surface area (TPSA) is 66.4 Å². The molecule has 5 heteroatoms. The Morgan fingerprint density at radius 3 is 2.12 bits per heavy atom. The van der Waals surface area contributed by atoms with E-state index in [2.05, 4.69) is 5.32 Å². The number of carboxylic acid groups (broad SMARTS) is 1. The van der Waals surface area contributed by atoms with Crippen molar-refractivity contribution in [1.82, 2.24) is 5.32 Å². The van der Waals surface area contributed by atoms with E-state index in [0.717, 1.165) is 0 Å². The molecule has 1 unspecified atom stereocenters. The quantitative estimate of drug-likeness (QED) is 0.768. The molecule has 100 valence electrons. The highest BCUT2D eigenvalue weighted by molar-refractivity contribution is 8.01. The summed E-state index contributed by atoms with van der Waals surface area (Å²) in [6, 6.07) is 0. The van der Waals surface area contributed by atoms with Crippen molar-refractivity contribution in [2.45, 2.75) is 45.8 Å². The molecule has 1 atom stereocenters. The minimum Gasteiger partial charge on any atom is -0.481 e. The molecular formula is C12H23NO3S. The molecule has 17 heavy (non-hydrogen) atoms. The van der Waals surface area contributed by atoms with Gasteiger partial charge >= 0.3 is 5.97 Å². The van der Waals surface area contributed by atoms with Crippen molar-refractivity contribution in [2.75, 3.05) is 12.3 Å². The lowest BCUT2D eigenvalue weighted by Gasteiger charge is -2.23. The van der Waals surface area contributed by atoms with Crippen molar-refractivity contribution < 1.29 is 14.7 Å². The zero-order valence-electron chi connectivity index (χ0n) is 11.3. The first kappa shape index (κ1) is 16.3. The fourth-order valence-corrected chi connectivity index (χ4v) is 1.64. The summed E-state index contributed by atoms with van der Waals surface area (Å²) in [5.41, 5.74) is -0.873. The molecule has 2 N–H and O–H groups in total. The third-order valence-corrected chi connectivity index (χ3v) is 3.88. The number of nitrogens with one attached hydrogen (secondary N) is 1. The van der Waals surface area contributed by atoms with E-state index in [1.165, 1.54) is 0 Å². The predicted octanol–water partition coefficient (Wildman–Crippen LogP) is 2.14. The van der Waals surface area contributed by atoms with Crippen LogP contribution in [0.15, 0.2) is 0 Å². The van der Waals surface area contributed by atoms with Gasteiger partial charge in [-0.25, -0.2) is 0 Å². The Morgan fingerprint density at radius 1 is 1.24 bits per heavy atom. The molecule has 0 fully saturated rings. The van der Waals surface area contributed by atoms with Gasteiger partial charge in [0, 0.05) is 11.3 Å². The molecule has 0 aromatic carbocycles. The van der Waals surface area contributed by atoms with E-state index in [1.54, 1.807) is 18.7 Å². The van der Waals surface area contributed by atoms with Crippen LogP contribution in [0.5, 0.6) is 0 Å². The molecule has 0 bridgehead atoms. The Kier molecular flexibility index (Phi) is 6.02. The number of hydrogen-bond acceptors (Lipinski definition) is 3. The van der Waals surface area contributed by atoms with E-state index in [4.69, 9.17) is 5.11 Å². The van der Waals surface area contributed by atoms with Gasteiger partial charge in [0.2, 0.25) is 5.91 Å². The summed E-state index contributed by atoms with van der Waals surface area (Å²) < 4.78 is 0.0399. The zero-order chi connectivity index (χ0) is 13.7. The van der Waals surface area contributed by atoms with E-state index >= 15 is 0 Å². The third kappa shape index (κ3) is 6.56. The lowest BCUT2D eigenvalue weighted by molar-refractivity contribution is -0.148. The highest BCUT2D eigenvalue weighted by Gasteiger charge is 2.31. The first-order chi connectivity index (χ1) is 7.60. The molecule has 0 heterocycles. The Labute approximate surface area is 108 Å². The normalized spacial score (nSPS) is 15.1. The Bertz CT molecular complexity index is 286. The van der Waals surface area contributed by atoms with Crippen molar-refractivity contribution >= 4 is 23.6 Å². The van der Waals surface area contributed by atoms with Crippen LogP contribution in [-0.2, 0) is 9.59 Å². The Hall–Kier alpha value is -0.710. The predicted molar refractivity (Wildman–Crippen MR) is 71.3 cm³/mol. The average Bonchev–Trinajstić information content (AvgIpc) is 2.21. The van der Waals surface area contributed by atoms with Crippen LogP contribution in [0.25, 0.3) is 0 Å². The van der Waals surface area contributed by atoms with E-state index < -0.39 is 11.4 Å². The third-order valence-electron chi connectivity index (χ3n) is 2.61. The molecule has 0 saturated carbocycles. The lowest BCUT2D eigenvalue weighted by atomic mass is 9.88. The van der Waals surface area contributed by atoms with Gasteiger partial charge in [-0.2, -0.15) is 0 Å². The molecule has 0 aromatic heterocycles. The van der Waals surface area contributed by atoms with Gasteiger partial charge in [0.05, 0.1) is 11.2 Å². The molecule has 1 amide bonds. The maximum Gasteiger partial charge on any atom is 0.311 e. The second kappa shape index (κ2) is 6.28. The minimum absolute atomic E-state index is 0.0399. The molecule has 0 aliphatic rings. The molecule has 0 aliphatic carbocycles. The van der Waals surface area contributed by atoms with E-state index in [9.17, 15) is 9.59 Å². The SMILES string of the molecule is CCC(C)(CNC(=O)CSC(C)(C)C)C(=O)O. The smallest absolute Gasteiger partial charge is 0.311 e. The summed E-state index contributed by atoms with van der Waals surface area (Å²) in [5, 5.41) is 11.7. The van der Waals surface area contributed by atoms with Crippen molar-refractivity contribution in [3.8, 4) is 0 Å². The molecule has 0 radical (unpaired) electrons. The van der Waals surface area contributed by atoms with Crippen molar-refractivity contribution in [1.29, 1.82) is 0 Å². The van der Waals surface area contributed by atoms with Crippen LogP contribution in [0.2, 0.25) is 0 Å². The summed E-state index contributed by atoms with van der Waals surface area (Å²) in [7, 11) is 0. The highest BCUT2D eigenvalue weighted by Crippen LogP contribution is 2.23. The van der Waals surface area contributed by atoms with Gasteiger partial charge in [0.1, 0.15) is 0 Å². The standard InChI is InChI=1S/C12H23NO3S/c1-6-12(5,10(15)16)8-13-9(14)7-17-11(2,3)4/h6-8H2,1-5H3,(H,13,14)(H,15,16). The number of thioether (sulfide) groups is 1. The molecule has 0 spiro atoms. The summed E-state index contributed by atoms with van der Waals surface area (Å²) in [6.45, 7) is 9.76. The fourth-order valence-electron chi connectivity index (χ4n) is 0.979. The van der Waals surface area contributed by atoms with Gasteiger partial charge in [0.25, 0.3) is 0 Å². The van der Waals surface area contributed by atoms with E-state index in [-0.39, 0.29) is 17.2 Å². The van der Waals surface area contributed by atoms with Gasteiger partial charge in [-0.15, -0.1) is 11.8 Å². The number of carbonyl (C=O) groups is 2. The summed E-state index contributed by atoms with van der Waals surface area (Å²) >= 11 is 1.55. The van der Waals surface area contributed by atoms with Crippen molar-refractivity contribution in [2.24, 2.45) is 5.41 Å². The monoisotopic (exact) mass is 261 g/mol. The largest absolute Gasteiger partial charge is 0.481 e. The number of hydrogen-bond donors (Lipinski definition) is 2. The lowest BCUT2D eigenvalue weighted by Crippen LogP contribution is -2.41. The van der Waals surface area contributed by atoms with Crippen LogP contribution < -0.4 is 5.32 Å². The summed E-state index contributed by atoms with van der Waals surface area (Å²) in [6.07, 6.45) is 0.495. The van der Waals surface area contributed by atoms with Crippen LogP contribution in [0.4, 0.5) is 0 Å². The van der Waals surface area contributed by atoms with Crippen LogP contribution in [0.3, 0.4) is 0 Å². The van der Waals surface area contributed by atoms with E-state index in [0.29, 0.717) is 12.2 Å². The second-order valence-electron chi connectivity index (χ2n) is 5.40. The van der Waals surface area contributed by atoms with Gasteiger partial charge < -0.3 is 10.4 Å². The molecule has 0 aliphatic heterocycles. The minimum atomic E-state index is -0.873. The van der Waals surface area contributed by atoms with Gasteiger partial charge in [-0.1, -0.05) is 27.7 Å². The Balaban J connectivity index is 4.11. The molecule has 0 saturated heterocycles. The van der Waals surface area contributed by atoms with Crippen LogP contribution in [0, 0.1) is 5.41 Å². The number of rotatable bonds is 6. The van der Waals surface area contributed by atoms with Gasteiger partial charge in [0.15, 0.2) is 0 Å². The van der Waals surface area contributed by atoms with Crippen molar-refractivity contribution in [3.05, 3.63) is 0 Å². The fraction of sp³-hybridized carbons (Fsp3) is 0.833. The van der Waals surface area contributed by atoms with Crippen LogP contribution in [0.1, 0.15) is 41.0 Å². The molecule has 4 nitrogen and oxygen atoms in total. The van der Waals surface area contributed by atoms with Crippen LogP contribution in [-0.4, -0.2) is 34.0 Å². The van der Waals surface area contributed by atoms with Gasteiger partial charge in [-0.3, -0.25) is 9.59 Å².